The Morgan fingerprint density at radius 3 is 2.79 bits per heavy atom. The van der Waals surface area contributed by atoms with E-state index in [-0.39, 0.29) is 17.3 Å². The Balaban J connectivity index is 3.52. The smallest absolute Gasteiger partial charge is 0.341 e. The van der Waals surface area contributed by atoms with Gasteiger partial charge in [-0.1, -0.05) is 12.7 Å². The van der Waals surface area contributed by atoms with Crippen LogP contribution in [0.5, 0.6) is 0 Å². The molecule has 1 atom stereocenters. The van der Waals surface area contributed by atoms with Crippen LogP contribution in [0.15, 0.2) is 24.1 Å². The zero-order valence-corrected chi connectivity index (χ0v) is 8.63. The lowest BCUT2D eigenvalue weighted by atomic mass is 10.4. The fourth-order valence-corrected chi connectivity index (χ4v) is 1.21. The van der Waals surface area contributed by atoms with Gasteiger partial charge in [-0.2, -0.15) is 0 Å². The zero-order valence-electron chi connectivity index (χ0n) is 7.81. The first-order valence-electron chi connectivity index (χ1n) is 3.99. The average Bonchev–Trinajstić information content (AvgIpc) is 2.14. The molecule has 0 aromatic carbocycles. The number of aliphatic hydroxyl groups is 1. The van der Waals surface area contributed by atoms with Crippen LogP contribution >= 0.6 is 11.8 Å². The highest BCUT2D eigenvalue weighted by atomic mass is 32.2. The van der Waals surface area contributed by atoms with Gasteiger partial charge < -0.3 is 14.9 Å². The van der Waals surface area contributed by atoms with Crippen molar-refractivity contribution in [1.29, 1.82) is 0 Å². The van der Waals surface area contributed by atoms with Crippen LogP contribution in [0.2, 0.25) is 0 Å². The van der Waals surface area contributed by atoms with E-state index in [1.54, 1.807) is 6.08 Å². The second-order valence-corrected chi connectivity index (χ2v) is 3.63. The summed E-state index contributed by atoms with van der Waals surface area (Å²) in [6, 6.07) is 0. The average molecular weight is 218 g/mol. The summed E-state index contributed by atoms with van der Waals surface area (Å²) in [5.74, 6) is -0.795. The van der Waals surface area contributed by atoms with Gasteiger partial charge in [0.1, 0.15) is 0 Å². The monoisotopic (exact) mass is 218 g/mol. The Hall–Kier alpha value is -0.780. The topological polar surface area (TPSA) is 66.8 Å². The summed E-state index contributed by atoms with van der Waals surface area (Å²) in [5, 5.41) is 17.8. The van der Waals surface area contributed by atoms with Gasteiger partial charge in [0.05, 0.1) is 24.2 Å². The first-order valence-corrected chi connectivity index (χ1v) is 4.98. The maximum atomic E-state index is 10.3. The summed E-state index contributed by atoms with van der Waals surface area (Å²) >= 11 is 1.00. The normalized spacial score (nSPS) is 12.1. The summed E-state index contributed by atoms with van der Waals surface area (Å²) in [4.78, 5) is 10.3. The number of aliphatic carboxylic acids is 1. The van der Waals surface area contributed by atoms with Crippen LogP contribution in [0.4, 0.5) is 0 Å². The number of carboxylic acids is 1. The second-order valence-electron chi connectivity index (χ2n) is 2.52. The van der Waals surface area contributed by atoms with Gasteiger partial charge >= 0.3 is 5.97 Å². The van der Waals surface area contributed by atoms with Crippen LogP contribution in [0, 0.1) is 0 Å². The quantitative estimate of drug-likeness (QED) is 0.359. The van der Waals surface area contributed by atoms with E-state index in [0.717, 1.165) is 11.8 Å². The minimum atomic E-state index is -1.06. The number of carboxylic acid groups (broad SMARTS) is 1. The lowest BCUT2D eigenvalue weighted by Gasteiger charge is -2.09. The number of hydrogen-bond acceptors (Lipinski definition) is 4. The lowest BCUT2D eigenvalue weighted by molar-refractivity contribution is -0.131. The van der Waals surface area contributed by atoms with Gasteiger partial charge in [-0.25, -0.2) is 4.79 Å². The minimum Gasteiger partial charge on any atom is -0.477 e. The highest BCUT2D eigenvalue weighted by molar-refractivity contribution is 8.03. The molecule has 0 saturated heterocycles. The van der Waals surface area contributed by atoms with Gasteiger partial charge in [0.25, 0.3) is 0 Å². The molecular weight excluding hydrogens is 204 g/mol. The lowest BCUT2D eigenvalue weighted by Crippen LogP contribution is -2.18. The Morgan fingerprint density at radius 2 is 2.29 bits per heavy atom. The molecule has 0 fully saturated rings. The van der Waals surface area contributed by atoms with Crippen molar-refractivity contribution in [3.63, 3.8) is 0 Å². The van der Waals surface area contributed by atoms with Crippen LogP contribution in [0.25, 0.3) is 0 Å². The molecule has 0 radical (unpaired) electrons. The number of ether oxygens (including phenoxy) is 1. The van der Waals surface area contributed by atoms with E-state index in [1.165, 1.54) is 0 Å². The van der Waals surface area contributed by atoms with E-state index in [9.17, 15) is 9.90 Å². The molecule has 0 aliphatic carbocycles. The molecule has 4 nitrogen and oxygen atoms in total. The molecular formula is C9H14O4S. The third-order valence-electron chi connectivity index (χ3n) is 1.23. The summed E-state index contributed by atoms with van der Waals surface area (Å²) in [7, 11) is 0. The summed E-state index contributed by atoms with van der Waals surface area (Å²) < 4.78 is 4.98. The van der Waals surface area contributed by atoms with Gasteiger partial charge in [-0.05, 0) is 0 Å². The van der Waals surface area contributed by atoms with Crippen LogP contribution in [0.3, 0.4) is 0 Å². The molecule has 0 aliphatic rings. The first-order chi connectivity index (χ1) is 6.57. The fourth-order valence-electron chi connectivity index (χ4n) is 0.594. The number of carbonyl (C=O) groups is 1. The Labute approximate surface area is 87.3 Å². The van der Waals surface area contributed by atoms with Crippen LogP contribution in [-0.2, 0) is 9.53 Å². The SMILES string of the molecule is C=CCOCC(O)CSC(=C)C(=O)O. The van der Waals surface area contributed by atoms with Gasteiger partial charge in [0.15, 0.2) is 0 Å². The minimum absolute atomic E-state index is 0.0211. The molecule has 0 rings (SSSR count). The van der Waals surface area contributed by atoms with E-state index in [4.69, 9.17) is 9.84 Å². The molecule has 5 heteroatoms. The van der Waals surface area contributed by atoms with Crippen molar-refractivity contribution in [1.82, 2.24) is 0 Å². The fraction of sp³-hybridized carbons (Fsp3) is 0.444. The van der Waals surface area contributed by atoms with Crippen LogP contribution in [-0.4, -0.2) is 41.3 Å². The Kier molecular flexibility index (Phi) is 7.18. The molecule has 80 valence electrons. The molecule has 14 heavy (non-hydrogen) atoms. The molecule has 1 unspecified atom stereocenters. The van der Waals surface area contributed by atoms with Crippen molar-refractivity contribution in [2.75, 3.05) is 19.0 Å². The van der Waals surface area contributed by atoms with Crippen LogP contribution in [0.1, 0.15) is 0 Å². The Bertz CT molecular complexity index is 215. The highest BCUT2D eigenvalue weighted by Gasteiger charge is 2.09. The first kappa shape index (κ1) is 13.2. The zero-order chi connectivity index (χ0) is 11.0. The predicted molar refractivity (Wildman–Crippen MR) is 56.3 cm³/mol. The number of aliphatic hydroxyl groups excluding tert-OH is 1. The van der Waals surface area contributed by atoms with E-state index in [1.807, 2.05) is 0 Å². The molecule has 0 aromatic rings. The molecule has 0 aromatic heterocycles. The maximum absolute atomic E-state index is 10.3. The highest BCUT2D eigenvalue weighted by Crippen LogP contribution is 2.14. The van der Waals surface area contributed by atoms with Crippen molar-refractivity contribution in [3.8, 4) is 0 Å². The Morgan fingerprint density at radius 1 is 1.64 bits per heavy atom. The van der Waals surface area contributed by atoms with Crippen molar-refractivity contribution in [2.45, 2.75) is 6.10 Å². The van der Waals surface area contributed by atoms with Gasteiger partial charge in [0.2, 0.25) is 0 Å². The molecule has 0 aliphatic heterocycles. The molecule has 0 spiro atoms. The van der Waals surface area contributed by atoms with Crippen molar-refractivity contribution >= 4 is 17.7 Å². The number of hydrogen-bond donors (Lipinski definition) is 2. The predicted octanol–water partition coefficient (Wildman–Crippen LogP) is 0.881. The van der Waals surface area contributed by atoms with Crippen molar-refractivity contribution in [2.24, 2.45) is 0 Å². The van der Waals surface area contributed by atoms with Gasteiger partial charge in [-0.3, -0.25) is 0 Å². The molecule has 2 N–H and O–H groups in total. The number of thioether (sulfide) groups is 1. The van der Waals surface area contributed by atoms with E-state index < -0.39 is 12.1 Å². The summed E-state index contributed by atoms with van der Waals surface area (Å²) in [6.07, 6.45) is 0.895. The van der Waals surface area contributed by atoms with Crippen molar-refractivity contribution < 1.29 is 19.7 Å². The van der Waals surface area contributed by atoms with Gasteiger partial charge in [-0.15, -0.1) is 18.3 Å². The molecule has 0 heterocycles. The van der Waals surface area contributed by atoms with Gasteiger partial charge in [0, 0.05) is 5.75 Å². The molecule has 0 amide bonds. The summed E-state index contributed by atoms with van der Waals surface area (Å²) in [6.45, 7) is 7.32. The second kappa shape index (κ2) is 7.61. The largest absolute Gasteiger partial charge is 0.477 e. The van der Waals surface area contributed by atoms with Crippen molar-refractivity contribution in [3.05, 3.63) is 24.1 Å². The number of rotatable bonds is 8. The summed E-state index contributed by atoms with van der Waals surface area (Å²) in [5.41, 5.74) is 0. The third kappa shape index (κ3) is 6.71. The molecule has 0 bridgehead atoms. The standard InChI is InChI=1S/C9H14O4S/c1-3-4-13-5-8(10)6-14-7(2)9(11)12/h3,8,10H,1-2,4-6H2,(H,11,12). The van der Waals surface area contributed by atoms with E-state index >= 15 is 0 Å². The maximum Gasteiger partial charge on any atom is 0.341 e. The van der Waals surface area contributed by atoms with Crippen LogP contribution < -0.4 is 0 Å². The third-order valence-corrected chi connectivity index (χ3v) is 2.31. The molecule has 0 saturated carbocycles. The van der Waals surface area contributed by atoms with E-state index in [0.29, 0.717) is 6.61 Å². The van der Waals surface area contributed by atoms with E-state index in [2.05, 4.69) is 13.2 Å².